The number of carbonyl (C=O) groups is 1. The van der Waals surface area contributed by atoms with E-state index in [0.717, 1.165) is 17.0 Å². The van der Waals surface area contributed by atoms with Crippen molar-refractivity contribution in [3.05, 3.63) is 50.4 Å². The number of nitrogens with one attached hydrogen (secondary N) is 1. The third-order valence-corrected chi connectivity index (χ3v) is 3.31. The van der Waals surface area contributed by atoms with Crippen LogP contribution in [-0.2, 0) is 13.0 Å². The van der Waals surface area contributed by atoms with Crippen LogP contribution in [0.4, 0.5) is 0 Å². The maximum absolute atomic E-state index is 12.2. The Bertz CT molecular complexity index is 728. The first-order valence-electron chi connectivity index (χ1n) is 6.77. The number of rotatable bonds is 4. The molecule has 0 spiro atoms. The number of hydrogen-bond acceptors (Lipinski definition) is 5. The predicted molar refractivity (Wildman–Crippen MR) is 76.2 cm³/mol. The summed E-state index contributed by atoms with van der Waals surface area (Å²) in [5, 5.41) is 6.60. The standard InChI is InChI=1S/C15H18N2O4/c1-5-12-11(10(4)17-21-12)7-16-14(18)13-8(2)6-9(3)20-15(13)19/h6H,5,7H2,1-4H3,(H,16,18). The first kappa shape index (κ1) is 15.0. The molecule has 1 N–H and O–H groups in total. The Morgan fingerprint density at radius 1 is 1.33 bits per heavy atom. The number of aryl methyl sites for hydroxylation is 4. The molecule has 0 atom stereocenters. The molecule has 0 aliphatic rings. The van der Waals surface area contributed by atoms with E-state index in [2.05, 4.69) is 10.5 Å². The molecule has 0 unspecified atom stereocenters. The zero-order valence-corrected chi connectivity index (χ0v) is 12.6. The van der Waals surface area contributed by atoms with E-state index in [-0.39, 0.29) is 12.1 Å². The summed E-state index contributed by atoms with van der Waals surface area (Å²) in [4.78, 5) is 24.0. The number of aromatic nitrogens is 1. The Morgan fingerprint density at radius 3 is 2.67 bits per heavy atom. The summed E-state index contributed by atoms with van der Waals surface area (Å²) < 4.78 is 10.1. The van der Waals surface area contributed by atoms with Gasteiger partial charge in [-0.05, 0) is 32.4 Å². The van der Waals surface area contributed by atoms with Crippen molar-refractivity contribution < 1.29 is 13.7 Å². The van der Waals surface area contributed by atoms with E-state index in [4.69, 9.17) is 8.94 Å². The predicted octanol–water partition coefficient (Wildman–Crippen LogP) is 2.05. The minimum atomic E-state index is -0.622. The summed E-state index contributed by atoms with van der Waals surface area (Å²) in [6.07, 6.45) is 0.692. The summed E-state index contributed by atoms with van der Waals surface area (Å²) in [5.74, 6) is 0.765. The third-order valence-electron chi connectivity index (χ3n) is 3.31. The van der Waals surface area contributed by atoms with E-state index in [9.17, 15) is 9.59 Å². The van der Waals surface area contributed by atoms with Gasteiger partial charge >= 0.3 is 5.63 Å². The number of nitrogens with zero attached hydrogens (tertiary/aromatic N) is 1. The van der Waals surface area contributed by atoms with Crippen molar-refractivity contribution in [2.75, 3.05) is 0 Å². The average molecular weight is 290 g/mol. The molecular formula is C15H18N2O4. The first-order valence-corrected chi connectivity index (χ1v) is 6.77. The van der Waals surface area contributed by atoms with Crippen LogP contribution < -0.4 is 10.9 Å². The van der Waals surface area contributed by atoms with E-state index in [1.54, 1.807) is 19.9 Å². The molecule has 2 rings (SSSR count). The second kappa shape index (κ2) is 5.95. The first-order chi connectivity index (χ1) is 9.93. The quantitative estimate of drug-likeness (QED) is 0.931. The summed E-state index contributed by atoms with van der Waals surface area (Å²) in [6.45, 7) is 7.41. The highest BCUT2D eigenvalue weighted by Crippen LogP contribution is 2.14. The van der Waals surface area contributed by atoms with Crippen LogP contribution in [0, 0.1) is 20.8 Å². The highest BCUT2D eigenvalue weighted by Gasteiger charge is 2.18. The zero-order valence-electron chi connectivity index (χ0n) is 12.6. The van der Waals surface area contributed by atoms with Gasteiger partial charge in [-0.15, -0.1) is 0 Å². The van der Waals surface area contributed by atoms with Gasteiger partial charge in [-0.3, -0.25) is 4.79 Å². The SMILES string of the molecule is CCc1onc(C)c1CNC(=O)c1c(C)cc(C)oc1=O. The molecule has 2 aromatic heterocycles. The molecule has 2 heterocycles. The van der Waals surface area contributed by atoms with Gasteiger partial charge in [-0.1, -0.05) is 12.1 Å². The monoisotopic (exact) mass is 290 g/mol. The molecule has 2 aromatic rings. The summed E-state index contributed by atoms with van der Waals surface area (Å²) in [5.41, 5.74) is 1.59. The van der Waals surface area contributed by atoms with E-state index < -0.39 is 11.5 Å². The second-order valence-electron chi connectivity index (χ2n) is 4.91. The van der Waals surface area contributed by atoms with Gasteiger partial charge in [0.1, 0.15) is 17.1 Å². The normalized spacial score (nSPS) is 10.7. The van der Waals surface area contributed by atoms with Gasteiger partial charge in [0.15, 0.2) is 0 Å². The van der Waals surface area contributed by atoms with Gasteiger partial charge in [0.2, 0.25) is 0 Å². The van der Waals surface area contributed by atoms with Crippen LogP contribution in [0.15, 0.2) is 19.8 Å². The van der Waals surface area contributed by atoms with Crippen molar-refractivity contribution in [1.29, 1.82) is 0 Å². The van der Waals surface area contributed by atoms with Crippen molar-refractivity contribution in [3.8, 4) is 0 Å². The Kier molecular flexibility index (Phi) is 4.26. The maximum atomic E-state index is 12.2. The van der Waals surface area contributed by atoms with Crippen molar-refractivity contribution in [2.45, 2.75) is 40.7 Å². The highest BCUT2D eigenvalue weighted by atomic mass is 16.5. The molecule has 6 heteroatoms. The van der Waals surface area contributed by atoms with E-state index >= 15 is 0 Å². The van der Waals surface area contributed by atoms with Gasteiger partial charge in [-0.2, -0.15) is 0 Å². The maximum Gasteiger partial charge on any atom is 0.349 e. The molecule has 0 aliphatic carbocycles. The van der Waals surface area contributed by atoms with E-state index in [0.29, 0.717) is 17.7 Å². The summed E-state index contributed by atoms with van der Waals surface area (Å²) in [7, 11) is 0. The second-order valence-corrected chi connectivity index (χ2v) is 4.91. The Morgan fingerprint density at radius 2 is 2.05 bits per heavy atom. The number of carbonyl (C=O) groups excluding carboxylic acids is 1. The van der Waals surface area contributed by atoms with Crippen LogP contribution in [0.25, 0.3) is 0 Å². The van der Waals surface area contributed by atoms with Gasteiger partial charge in [-0.25, -0.2) is 4.79 Å². The fourth-order valence-corrected chi connectivity index (χ4v) is 2.23. The molecule has 1 amide bonds. The Balaban J connectivity index is 2.20. The van der Waals surface area contributed by atoms with Crippen molar-refractivity contribution in [1.82, 2.24) is 10.5 Å². The molecule has 0 fully saturated rings. The molecule has 6 nitrogen and oxygen atoms in total. The molecule has 0 saturated carbocycles. The lowest BCUT2D eigenvalue weighted by molar-refractivity contribution is 0.0946. The molecule has 21 heavy (non-hydrogen) atoms. The largest absolute Gasteiger partial charge is 0.428 e. The fraction of sp³-hybridized carbons (Fsp3) is 0.400. The van der Waals surface area contributed by atoms with Crippen molar-refractivity contribution in [2.24, 2.45) is 0 Å². The van der Waals surface area contributed by atoms with Crippen LogP contribution in [0.1, 0.15) is 45.6 Å². The smallest absolute Gasteiger partial charge is 0.349 e. The topological polar surface area (TPSA) is 85.3 Å². The van der Waals surface area contributed by atoms with Crippen molar-refractivity contribution >= 4 is 5.91 Å². The van der Waals surface area contributed by atoms with Gasteiger partial charge in [0.25, 0.3) is 5.91 Å². The molecule has 0 aliphatic heterocycles. The molecule has 112 valence electrons. The van der Waals surface area contributed by atoms with E-state index in [1.807, 2.05) is 13.8 Å². The van der Waals surface area contributed by atoms with Crippen LogP contribution in [0.2, 0.25) is 0 Å². The summed E-state index contributed by atoms with van der Waals surface area (Å²) >= 11 is 0. The van der Waals surface area contributed by atoms with Gasteiger partial charge in [0.05, 0.1) is 5.69 Å². The lowest BCUT2D eigenvalue weighted by Crippen LogP contribution is -2.29. The molecule has 0 saturated heterocycles. The average Bonchev–Trinajstić information content (AvgIpc) is 2.75. The van der Waals surface area contributed by atoms with Crippen LogP contribution in [0.5, 0.6) is 0 Å². The zero-order chi connectivity index (χ0) is 15.6. The molecule has 0 radical (unpaired) electrons. The number of amides is 1. The lowest BCUT2D eigenvalue weighted by atomic mass is 10.1. The highest BCUT2D eigenvalue weighted by molar-refractivity contribution is 5.95. The molecular weight excluding hydrogens is 272 g/mol. The molecule has 0 bridgehead atoms. The van der Waals surface area contributed by atoms with Gasteiger partial charge < -0.3 is 14.3 Å². The minimum Gasteiger partial charge on any atom is -0.428 e. The van der Waals surface area contributed by atoms with Gasteiger partial charge in [0, 0.05) is 18.5 Å². The summed E-state index contributed by atoms with van der Waals surface area (Å²) in [6, 6.07) is 1.67. The fourth-order valence-electron chi connectivity index (χ4n) is 2.23. The van der Waals surface area contributed by atoms with Crippen LogP contribution >= 0.6 is 0 Å². The third kappa shape index (κ3) is 3.04. The van der Waals surface area contributed by atoms with Crippen molar-refractivity contribution in [3.63, 3.8) is 0 Å². The lowest BCUT2D eigenvalue weighted by Gasteiger charge is -2.07. The molecule has 0 aromatic carbocycles. The minimum absolute atomic E-state index is 0.0350. The number of hydrogen-bond donors (Lipinski definition) is 1. The Labute approximate surface area is 122 Å². The van der Waals surface area contributed by atoms with E-state index in [1.165, 1.54) is 0 Å². The van der Waals surface area contributed by atoms with Crippen LogP contribution in [-0.4, -0.2) is 11.1 Å². The van der Waals surface area contributed by atoms with Crippen LogP contribution in [0.3, 0.4) is 0 Å². The Hall–Kier alpha value is -2.37.